The molecule has 0 aliphatic carbocycles. The molecule has 0 bridgehead atoms. The van der Waals surface area contributed by atoms with E-state index < -0.39 is 18.0 Å². The largest absolute Gasteiger partial charge is 0.479 e. The molecule has 0 aromatic heterocycles. The number of carbonyl (C=O) groups excluding carboxylic acids is 1. The Kier molecular flexibility index (Phi) is 3.23. The monoisotopic (exact) mass is 194 g/mol. The summed E-state index contributed by atoms with van der Waals surface area (Å²) in [5.41, 5.74) is 0.348. The standard InChI is InChI=1S/C10H10O4/c1-7(9(11)12)14-10(13)8-5-3-2-4-6-8/h2-7H,1H3,(H,11,12)/t7-/m1/s1. The molecule has 1 aromatic rings. The molecule has 74 valence electrons. The van der Waals surface area contributed by atoms with Crippen LogP contribution in [0.15, 0.2) is 30.3 Å². The van der Waals surface area contributed by atoms with Crippen LogP contribution in [0.5, 0.6) is 0 Å². The molecule has 0 aliphatic heterocycles. The molecule has 0 spiro atoms. The third-order valence-corrected chi connectivity index (χ3v) is 1.64. The average molecular weight is 194 g/mol. The molecule has 0 heterocycles. The highest BCUT2D eigenvalue weighted by Crippen LogP contribution is 2.03. The van der Waals surface area contributed by atoms with E-state index in [0.717, 1.165) is 0 Å². The SMILES string of the molecule is C[C@@H](OC(=O)c1ccccc1)C(=O)O. The number of carbonyl (C=O) groups is 2. The van der Waals surface area contributed by atoms with E-state index in [1.165, 1.54) is 6.92 Å². The Morgan fingerprint density at radius 3 is 2.36 bits per heavy atom. The molecule has 0 aliphatic rings. The lowest BCUT2D eigenvalue weighted by Gasteiger charge is -2.07. The molecule has 0 saturated heterocycles. The van der Waals surface area contributed by atoms with Gasteiger partial charge in [0.15, 0.2) is 6.10 Å². The van der Waals surface area contributed by atoms with Crippen LogP contribution in [0.25, 0.3) is 0 Å². The van der Waals surface area contributed by atoms with Gasteiger partial charge >= 0.3 is 11.9 Å². The van der Waals surface area contributed by atoms with Crippen molar-refractivity contribution in [3.63, 3.8) is 0 Å². The van der Waals surface area contributed by atoms with Crippen LogP contribution in [0.3, 0.4) is 0 Å². The van der Waals surface area contributed by atoms with Gasteiger partial charge in [-0.1, -0.05) is 18.2 Å². The summed E-state index contributed by atoms with van der Waals surface area (Å²) in [4.78, 5) is 21.7. The lowest BCUT2D eigenvalue weighted by Crippen LogP contribution is -2.23. The van der Waals surface area contributed by atoms with Gasteiger partial charge in [-0.05, 0) is 19.1 Å². The van der Waals surface area contributed by atoms with Crippen LogP contribution in [0.2, 0.25) is 0 Å². The van der Waals surface area contributed by atoms with Crippen molar-refractivity contribution in [3.05, 3.63) is 35.9 Å². The second-order valence-electron chi connectivity index (χ2n) is 2.75. The van der Waals surface area contributed by atoms with Crippen molar-refractivity contribution in [2.45, 2.75) is 13.0 Å². The second-order valence-corrected chi connectivity index (χ2v) is 2.75. The first-order chi connectivity index (χ1) is 6.61. The molecular weight excluding hydrogens is 184 g/mol. The average Bonchev–Trinajstić information content (AvgIpc) is 2.19. The van der Waals surface area contributed by atoms with Gasteiger partial charge in [0.1, 0.15) is 0 Å². The normalized spacial score (nSPS) is 11.8. The van der Waals surface area contributed by atoms with Crippen molar-refractivity contribution >= 4 is 11.9 Å². The zero-order valence-corrected chi connectivity index (χ0v) is 7.64. The molecule has 4 nitrogen and oxygen atoms in total. The Bertz CT molecular complexity index is 331. The highest BCUT2D eigenvalue weighted by molar-refractivity contribution is 5.91. The number of benzene rings is 1. The van der Waals surface area contributed by atoms with Crippen LogP contribution in [0.1, 0.15) is 17.3 Å². The van der Waals surface area contributed by atoms with E-state index in [1.807, 2.05) is 0 Å². The molecule has 1 rings (SSSR count). The van der Waals surface area contributed by atoms with E-state index in [2.05, 4.69) is 4.74 Å². The number of esters is 1. The maximum atomic E-state index is 11.3. The van der Waals surface area contributed by atoms with E-state index in [4.69, 9.17) is 5.11 Å². The van der Waals surface area contributed by atoms with Crippen molar-refractivity contribution in [2.75, 3.05) is 0 Å². The maximum absolute atomic E-state index is 11.3. The summed E-state index contributed by atoms with van der Waals surface area (Å²) in [6.45, 7) is 1.31. The van der Waals surface area contributed by atoms with E-state index in [1.54, 1.807) is 30.3 Å². The van der Waals surface area contributed by atoms with Crippen LogP contribution in [0, 0.1) is 0 Å². The van der Waals surface area contributed by atoms with Crippen molar-refractivity contribution in [1.82, 2.24) is 0 Å². The Hall–Kier alpha value is -1.84. The molecule has 0 unspecified atom stereocenters. The van der Waals surface area contributed by atoms with E-state index in [0.29, 0.717) is 5.56 Å². The summed E-state index contributed by atoms with van der Waals surface area (Å²) in [7, 11) is 0. The fourth-order valence-electron chi connectivity index (χ4n) is 0.853. The molecule has 0 fully saturated rings. The quantitative estimate of drug-likeness (QED) is 0.737. The maximum Gasteiger partial charge on any atom is 0.344 e. The fraction of sp³-hybridized carbons (Fsp3) is 0.200. The van der Waals surface area contributed by atoms with Crippen molar-refractivity contribution in [1.29, 1.82) is 0 Å². The van der Waals surface area contributed by atoms with Crippen molar-refractivity contribution in [3.8, 4) is 0 Å². The zero-order chi connectivity index (χ0) is 10.6. The lowest BCUT2D eigenvalue weighted by atomic mass is 10.2. The Labute approximate surface area is 81.1 Å². The van der Waals surface area contributed by atoms with E-state index in [9.17, 15) is 9.59 Å². The topological polar surface area (TPSA) is 63.6 Å². The van der Waals surface area contributed by atoms with Gasteiger partial charge in [-0.2, -0.15) is 0 Å². The van der Waals surface area contributed by atoms with E-state index in [-0.39, 0.29) is 0 Å². The molecule has 0 amide bonds. The molecule has 4 heteroatoms. The van der Waals surface area contributed by atoms with Crippen molar-refractivity contribution < 1.29 is 19.4 Å². The van der Waals surface area contributed by atoms with Crippen LogP contribution in [0.4, 0.5) is 0 Å². The molecule has 0 saturated carbocycles. The van der Waals surface area contributed by atoms with Gasteiger partial charge in [-0.25, -0.2) is 9.59 Å². The number of rotatable bonds is 3. The minimum atomic E-state index is -1.16. The number of hydrogen-bond donors (Lipinski definition) is 1. The number of carboxylic acid groups (broad SMARTS) is 1. The van der Waals surface area contributed by atoms with Gasteiger partial charge in [-0.3, -0.25) is 0 Å². The molecular formula is C10H10O4. The third-order valence-electron chi connectivity index (χ3n) is 1.64. The van der Waals surface area contributed by atoms with Gasteiger partial charge in [0, 0.05) is 0 Å². The van der Waals surface area contributed by atoms with Gasteiger partial charge in [0.05, 0.1) is 5.56 Å². The molecule has 1 aromatic carbocycles. The van der Waals surface area contributed by atoms with Gasteiger partial charge < -0.3 is 9.84 Å². The highest BCUT2D eigenvalue weighted by atomic mass is 16.6. The molecule has 0 radical (unpaired) electrons. The summed E-state index contributed by atoms with van der Waals surface area (Å²) < 4.78 is 4.66. The Morgan fingerprint density at radius 1 is 1.29 bits per heavy atom. The summed E-state index contributed by atoms with van der Waals surface area (Å²) >= 11 is 0. The Morgan fingerprint density at radius 2 is 1.86 bits per heavy atom. The summed E-state index contributed by atoms with van der Waals surface area (Å²) in [5.74, 6) is -1.78. The van der Waals surface area contributed by atoms with Crippen LogP contribution < -0.4 is 0 Å². The first-order valence-corrected chi connectivity index (χ1v) is 4.10. The minimum absolute atomic E-state index is 0.348. The number of carboxylic acids is 1. The second kappa shape index (κ2) is 4.41. The van der Waals surface area contributed by atoms with E-state index >= 15 is 0 Å². The van der Waals surface area contributed by atoms with Crippen molar-refractivity contribution in [2.24, 2.45) is 0 Å². The summed E-state index contributed by atoms with van der Waals surface area (Å²) in [6, 6.07) is 8.26. The third kappa shape index (κ3) is 2.58. The smallest absolute Gasteiger partial charge is 0.344 e. The minimum Gasteiger partial charge on any atom is -0.479 e. The zero-order valence-electron chi connectivity index (χ0n) is 7.64. The Balaban J connectivity index is 2.64. The van der Waals surface area contributed by atoms with Crippen LogP contribution in [-0.4, -0.2) is 23.1 Å². The van der Waals surface area contributed by atoms with Gasteiger partial charge in [-0.15, -0.1) is 0 Å². The van der Waals surface area contributed by atoms with Crippen LogP contribution in [-0.2, 0) is 9.53 Å². The molecule has 1 atom stereocenters. The first kappa shape index (κ1) is 10.2. The lowest BCUT2D eigenvalue weighted by molar-refractivity contribution is -0.146. The molecule has 1 N–H and O–H groups in total. The summed E-state index contributed by atoms with van der Waals surface area (Å²) in [6.07, 6.45) is -1.12. The number of hydrogen-bond acceptors (Lipinski definition) is 3. The molecule has 14 heavy (non-hydrogen) atoms. The van der Waals surface area contributed by atoms with Gasteiger partial charge in [0.2, 0.25) is 0 Å². The predicted molar refractivity (Wildman–Crippen MR) is 49.0 cm³/mol. The van der Waals surface area contributed by atoms with Crippen LogP contribution >= 0.6 is 0 Å². The fourth-order valence-corrected chi connectivity index (χ4v) is 0.853. The van der Waals surface area contributed by atoms with Gasteiger partial charge in [0.25, 0.3) is 0 Å². The first-order valence-electron chi connectivity index (χ1n) is 4.10. The number of ether oxygens (including phenoxy) is 1. The number of aliphatic carboxylic acids is 1. The predicted octanol–water partition coefficient (Wildman–Crippen LogP) is 1.32. The highest BCUT2D eigenvalue weighted by Gasteiger charge is 2.16. The summed E-state index contributed by atoms with van der Waals surface area (Å²) in [5, 5.41) is 8.50.